The minimum Gasteiger partial charge on any atom is -0.491 e. The Bertz CT molecular complexity index is 975. The highest BCUT2D eigenvalue weighted by Crippen LogP contribution is 2.28. The van der Waals surface area contributed by atoms with Gasteiger partial charge < -0.3 is 15.2 Å². The van der Waals surface area contributed by atoms with Gasteiger partial charge in [-0.3, -0.25) is 4.79 Å². The molecule has 8 heteroatoms. The van der Waals surface area contributed by atoms with E-state index in [1.165, 1.54) is 12.3 Å². The van der Waals surface area contributed by atoms with Crippen LogP contribution in [0.4, 0.5) is 14.5 Å². The van der Waals surface area contributed by atoms with Gasteiger partial charge in [0, 0.05) is 11.3 Å². The second-order valence-corrected chi connectivity index (χ2v) is 6.70. The van der Waals surface area contributed by atoms with Crippen molar-refractivity contribution < 1.29 is 23.4 Å². The molecule has 140 valence electrons. The number of carbonyl (C=O) groups is 1. The molecule has 0 atom stereocenters. The number of hydrogen-bond donors (Lipinski definition) is 2. The standard InChI is InChI=1S/C19H16F2N2O3S/c1-11-8-13(3-5-16(11)26-7-6-24)23-18(25)17-10-22-19(27-17)12-2-4-14(20)15(21)9-12/h2-5,8-10,24H,6-7H2,1H3,(H,23,25). The van der Waals surface area contributed by atoms with Crippen molar-refractivity contribution in [2.75, 3.05) is 18.5 Å². The second-order valence-electron chi connectivity index (χ2n) is 5.67. The van der Waals surface area contributed by atoms with Crippen molar-refractivity contribution >= 4 is 22.9 Å². The summed E-state index contributed by atoms with van der Waals surface area (Å²) in [5.41, 5.74) is 1.80. The van der Waals surface area contributed by atoms with Gasteiger partial charge in [0.15, 0.2) is 11.6 Å². The number of nitrogens with one attached hydrogen (secondary N) is 1. The summed E-state index contributed by atoms with van der Waals surface area (Å²) in [7, 11) is 0. The molecule has 3 rings (SSSR count). The van der Waals surface area contributed by atoms with Gasteiger partial charge in [0.05, 0.1) is 12.8 Å². The number of aryl methyl sites for hydroxylation is 1. The van der Waals surface area contributed by atoms with Crippen LogP contribution in [0.25, 0.3) is 10.6 Å². The number of halogens is 2. The molecular weight excluding hydrogens is 374 g/mol. The van der Waals surface area contributed by atoms with Gasteiger partial charge in [0.1, 0.15) is 22.2 Å². The molecule has 1 aromatic heterocycles. The minimum absolute atomic E-state index is 0.0798. The number of carbonyl (C=O) groups excluding carboxylic acids is 1. The highest BCUT2D eigenvalue weighted by atomic mass is 32.1. The zero-order valence-corrected chi connectivity index (χ0v) is 15.1. The van der Waals surface area contributed by atoms with E-state index < -0.39 is 11.6 Å². The SMILES string of the molecule is Cc1cc(NC(=O)c2cnc(-c3ccc(F)c(F)c3)s2)ccc1OCCO. The molecule has 0 fully saturated rings. The van der Waals surface area contributed by atoms with Crippen molar-refractivity contribution in [3.8, 4) is 16.3 Å². The number of ether oxygens (including phenoxy) is 1. The third-order valence-corrected chi connectivity index (χ3v) is 4.72. The Kier molecular flexibility index (Phi) is 5.78. The fraction of sp³-hybridized carbons (Fsp3) is 0.158. The highest BCUT2D eigenvalue weighted by molar-refractivity contribution is 7.17. The highest BCUT2D eigenvalue weighted by Gasteiger charge is 2.14. The first-order valence-electron chi connectivity index (χ1n) is 8.05. The van der Waals surface area contributed by atoms with Crippen molar-refractivity contribution in [1.82, 2.24) is 4.98 Å². The number of rotatable bonds is 6. The molecule has 0 aliphatic heterocycles. The monoisotopic (exact) mass is 390 g/mol. The smallest absolute Gasteiger partial charge is 0.267 e. The van der Waals surface area contributed by atoms with Crippen molar-refractivity contribution in [3.63, 3.8) is 0 Å². The van der Waals surface area contributed by atoms with Gasteiger partial charge in [0.25, 0.3) is 5.91 Å². The van der Waals surface area contributed by atoms with Crippen LogP contribution in [0.1, 0.15) is 15.2 Å². The molecule has 0 bridgehead atoms. The van der Waals surface area contributed by atoms with Crippen LogP contribution >= 0.6 is 11.3 Å². The molecule has 0 unspecified atom stereocenters. The Morgan fingerprint density at radius 3 is 2.74 bits per heavy atom. The summed E-state index contributed by atoms with van der Waals surface area (Å²) in [5, 5.41) is 12.0. The lowest BCUT2D eigenvalue weighted by Crippen LogP contribution is -2.10. The molecule has 2 aromatic carbocycles. The molecular formula is C19H16F2N2O3S. The lowest BCUT2D eigenvalue weighted by molar-refractivity contribution is 0.103. The summed E-state index contributed by atoms with van der Waals surface area (Å²) < 4.78 is 31.8. The van der Waals surface area contributed by atoms with Crippen LogP contribution in [0.15, 0.2) is 42.6 Å². The minimum atomic E-state index is -0.965. The first-order valence-corrected chi connectivity index (χ1v) is 8.86. The van der Waals surface area contributed by atoms with Crippen LogP contribution in [-0.4, -0.2) is 29.2 Å². The number of nitrogens with zero attached hydrogens (tertiary/aromatic N) is 1. The molecule has 0 radical (unpaired) electrons. The van der Waals surface area contributed by atoms with Gasteiger partial charge in [-0.2, -0.15) is 0 Å². The lowest BCUT2D eigenvalue weighted by Gasteiger charge is -2.10. The Labute approximate surface area is 158 Å². The fourth-order valence-corrected chi connectivity index (χ4v) is 3.19. The zero-order valence-electron chi connectivity index (χ0n) is 14.3. The van der Waals surface area contributed by atoms with E-state index in [2.05, 4.69) is 10.3 Å². The van der Waals surface area contributed by atoms with E-state index in [9.17, 15) is 13.6 Å². The fourth-order valence-electron chi connectivity index (χ4n) is 2.38. The quantitative estimate of drug-likeness (QED) is 0.667. The van der Waals surface area contributed by atoms with Crippen LogP contribution in [0.2, 0.25) is 0 Å². The third kappa shape index (κ3) is 4.47. The first-order chi connectivity index (χ1) is 13.0. The van der Waals surface area contributed by atoms with Gasteiger partial charge in [-0.1, -0.05) is 0 Å². The normalized spacial score (nSPS) is 10.7. The number of thiazole rings is 1. The lowest BCUT2D eigenvalue weighted by atomic mass is 10.2. The van der Waals surface area contributed by atoms with E-state index >= 15 is 0 Å². The molecule has 2 N–H and O–H groups in total. The maximum atomic E-state index is 13.4. The van der Waals surface area contributed by atoms with Crippen molar-refractivity contribution in [3.05, 3.63) is 64.7 Å². The number of amides is 1. The summed E-state index contributed by atoms with van der Waals surface area (Å²) in [6.45, 7) is 1.94. The Morgan fingerprint density at radius 2 is 2.04 bits per heavy atom. The maximum absolute atomic E-state index is 13.4. The molecule has 3 aromatic rings. The Balaban J connectivity index is 1.72. The molecule has 27 heavy (non-hydrogen) atoms. The molecule has 0 saturated carbocycles. The number of aliphatic hydroxyl groups is 1. The molecule has 1 heterocycles. The summed E-state index contributed by atoms with van der Waals surface area (Å²) in [5.74, 6) is -1.63. The molecule has 0 aliphatic rings. The number of hydrogen-bond acceptors (Lipinski definition) is 5. The summed E-state index contributed by atoms with van der Waals surface area (Å²) in [6, 6.07) is 8.63. The molecule has 5 nitrogen and oxygen atoms in total. The zero-order chi connectivity index (χ0) is 19.4. The molecule has 0 aliphatic carbocycles. The summed E-state index contributed by atoms with van der Waals surface area (Å²) in [4.78, 5) is 16.9. The Hall–Kier alpha value is -2.84. The van der Waals surface area contributed by atoms with Crippen LogP contribution in [0.5, 0.6) is 5.75 Å². The van der Waals surface area contributed by atoms with Gasteiger partial charge in [0.2, 0.25) is 0 Å². The summed E-state index contributed by atoms with van der Waals surface area (Å²) in [6.07, 6.45) is 1.39. The number of aromatic nitrogens is 1. The molecule has 1 amide bonds. The van der Waals surface area contributed by atoms with E-state index in [0.29, 0.717) is 26.9 Å². The average molecular weight is 390 g/mol. The molecule has 0 saturated heterocycles. The average Bonchev–Trinajstić information content (AvgIpc) is 3.14. The van der Waals surface area contributed by atoms with Crippen LogP contribution in [-0.2, 0) is 0 Å². The van der Waals surface area contributed by atoms with Gasteiger partial charge in [-0.15, -0.1) is 11.3 Å². The summed E-state index contributed by atoms with van der Waals surface area (Å²) >= 11 is 1.08. The van der Waals surface area contributed by atoms with Gasteiger partial charge in [-0.05, 0) is 48.9 Å². The van der Waals surface area contributed by atoms with Crippen LogP contribution in [0, 0.1) is 18.6 Å². The Morgan fingerprint density at radius 1 is 1.22 bits per heavy atom. The molecule has 0 spiro atoms. The number of benzene rings is 2. The largest absolute Gasteiger partial charge is 0.491 e. The number of anilines is 1. The predicted octanol–water partition coefficient (Wildman–Crippen LogP) is 4.02. The van der Waals surface area contributed by atoms with Crippen molar-refractivity contribution in [2.45, 2.75) is 6.92 Å². The topological polar surface area (TPSA) is 71.5 Å². The van der Waals surface area contributed by atoms with E-state index in [1.54, 1.807) is 18.2 Å². The van der Waals surface area contributed by atoms with E-state index in [1.807, 2.05) is 6.92 Å². The predicted molar refractivity (Wildman–Crippen MR) is 99.2 cm³/mol. The van der Waals surface area contributed by atoms with E-state index in [-0.39, 0.29) is 19.1 Å². The van der Waals surface area contributed by atoms with Crippen molar-refractivity contribution in [1.29, 1.82) is 0 Å². The van der Waals surface area contributed by atoms with E-state index in [0.717, 1.165) is 29.0 Å². The first kappa shape index (κ1) is 18.9. The number of aliphatic hydroxyl groups excluding tert-OH is 1. The van der Waals surface area contributed by atoms with Gasteiger partial charge >= 0.3 is 0 Å². The maximum Gasteiger partial charge on any atom is 0.267 e. The van der Waals surface area contributed by atoms with Gasteiger partial charge in [-0.25, -0.2) is 13.8 Å². The third-order valence-electron chi connectivity index (χ3n) is 3.68. The van der Waals surface area contributed by atoms with Crippen molar-refractivity contribution in [2.24, 2.45) is 0 Å². The van der Waals surface area contributed by atoms with Crippen LogP contribution in [0.3, 0.4) is 0 Å². The second kappa shape index (κ2) is 8.24. The van der Waals surface area contributed by atoms with Crippen LogP contribution < -0.4 is 10.1 Å². The van der Waals surface area contributed by atoms with E-state index in [4.69, 9.17) is 9.84 Å².